The molecule has 1 aromatic heterocycles. The lowest BCUT2D eigenvalue weighted by Crippen LogP contribution is -2.61. The van der Waals surface area contributed by atoms with E-state index in [0.717, 1.165) is 12.1 Å². The molecular weight excluding hydrogens is 268 g/mol. The molecule has 5 nitrogen and oxygen atoms in total. The van der Waals surface area contributed by atoms with Crippen molar-refractivity contribution in [2.45, 2.75) is 25.0 Å². The van der Waals surface area contributed by atoms with Crippen LogP contribution < -0.4 is 0 Å². The Kier molecular flexibility index (Phi) is 2.77. The van der Waals surface area contributed by atoms with Gasteiger partial charge in [-0.25, -0.2) is 13.8 Å². The number of hydrogen-bond donors (Lipinski definition) is 0. The van der Waals surface area contributed by atoms with Crippen LogP contribution in [0, 0.1) is 11.6 Å². The van der Waals surface area contributed by atoms with Crippen LogP contribution in [0.5, 0.6) is 0 Å². The molecule has 2 atom stereocenters. The van der Waals surface area contributed by atoms with Gasteiger partial charge in [0.25, 0.3) is 0 Å². The molecule has 0 aliphatic carbocycles. The second-order valence-corrected chi connectivity index (χ2v) is 4.74. The summed E-state index contributed by atoms with van der Waals surface area (Å²) < 4.78 is 33.5. The zero-order valence-electron chi connectivity index (χ0n) is 10.6. The summed E-state index contributed by atoms with van der Waals surface area (Å²) in [5.41, 5.74) is -1.09. The molecule has 1 fully saturated rings. The van der Waals surface area contributed by atoms with Gasteiger partial charge in [-0.15, -0.1) is 0 Å². The number of cyclic esters (lactones) is 1. The van der Waals surface area contributed by atoms with Gasteiger partial charge in [0.15, 0.2) is 5.41 Å². The van der Waals surface area contributed by atoms with Gasteiger partial charge in [-0.2, -0.15) is 5.10 Å². The van der Waals surface area contributed by atoms with Gasteiger partial charge in [-0.3, -0.25) is 9.48 Å². The quantitative estimate of drug-likeness (QED) is 0.798. The lowest BCUT2D eigenvalue weighted by Gasteiger charge is -2.45. The third-order valence-corrected chi connectivity index (χ3v) is 3.63. The topological polar surface area (TPSA) is 57.0 Å². The summed E-state index contributed by atoms with van der Waals surface area (Å²) in [4.78, 5) is 15.8. The number of rotatable bonds is 3. The fourth-order valence-electron chi connectivity index (χ4n) is 2.50. The Labute approximate surface area is 113 Å². The number of benzene rings is 1. The van der Waals surface area contributed by atoms with Gasteiger partial charge < -0.3 is 4.74 Å². The van der Waals surface area contributed by atoms with E-state index in [0.29, 0.717) is 0 Å². The van der Waals surface area contributed by atoms with Crippen molar-refractivity contribution in [1.29, 1.82) is 0 Å². The molecule has 3 rings (SSSR count). The van der Waals surface area contributed by atoms with Crippen molar-refractivity contribution in [1.82, 2.24) is 14.8 Å². The zero-order valence-corrected chi connectivity index (χ0v) is 10.6. The van der Waals surface area contributed by atoms with Crippen LogP contribution in [0.15, 0.2) is 30.9 Å². The molecule has 2 heterocycles. The Morgan fingerprint density at radius 2 is 2.25 bits per heavy atom. The third kappa shape index (κ3) is 1.70. The van der Waals surface area contributed by atoms with E-state index in [9.17, 15) is 13.6 Å². The molecule has 1 aromatic carbocycles. The minimum absolute atomic E-state index is 0.0928. The smallest absolute Gasteiger partial charge is 0.322 e. The highest BCUT2D eigenvalue weighted by atomic mass is 19.1. The van der Waals surface area contributed by atoms with Gasteiger partial charge in [0.05, 0.1) is 6.54 Å². The van der Waals surface area contributed by atoms with Crippen molar-refractivity contribution in [3.8, 4) is 0 Å². The van der Waals surface area contributed by atoms with E-state index in [1.165, 1.54) is 23.4 Å². The maximum absolute atomic E-state index is 14.0. The third-order valence-electron chi connectivity index (χ3n) is 3.63. The summed E-state index contributed by atoms with van der Waals surface area (Å²) in [7, 11) is 0. The summed E-state index contributed by atoms with van der Waals surface area (Å²) in [6.07, 6.45) is 2.23. The number of nitrogens with zero attached hydrogens (tertiary/aromatic N) is 3. The highest BCUT2D eigenvalue weighted by Crippen LogP contribution is 2.42. The van der Waals surface area contributed by atoms with E-state index in [-0.39, 0.29) is 12.1 Å². The first-order chi connectivity index (χ1) is 9.54. The average Bonchev–Trinajstić information content (AvgIpc) is 2.90. The van der Waals surface area contributed by atoms with Crippen LogP contribution in [0.25, 0.3) is 0 Å². The molecule has 0 unspecified atom stereocenters. The average molecular weight is 279 g/mol. The van der Waals surface area contributed by atoms with Gasteiger partial charge in [-0.05, 0) is 13.0 Å². The maximum Gasteiger partial charge on any atom is 0.322 e. The van der Waals surface area contributed by atoms with Crippen LogP contribution in [0.2, 0.25) is 0 Å². The number of hydrogen-bond acceptors (Lipinski definition) is 4. The maximum atomic E-state index is 14.0. The molecule has 1 aliphatic heterocycles. The number of carbonyl (C=O) groups is 1. The Morgan fingerprint density at radius 1 is 1.45 bits per heavy atom. The highest BCUT2D eigenvalue weighted by molar-refractivity contribution is 5.89. The normalized spacial score (nSPS) is 25.1. The largest absolute Gasteiger partial charge is 0.460 e. The molecular formula is C13H11F2N3O2. The molecule has 0 spiro atoms. The fraction of sp³-hybridized carbons (Fsp3) is 0.308. The van der Waals surface area contributed by atoms with E-state index < -0.39 is 29.1 Å². The molecule has 2 aromatic rings. The Balaban J connectivity index is 2.09. The summed E-state index contributed by atoms with van der Waals surface area (Å²) in [5.74, 6) is -2.01. The van der Waals surface area contributed by atoms with Crippen LogP contribution in [-0.4, -0.2) is 26.8 Å². The first-order valence-electron chi connectivity index (χ1n) is 6.03. The number of esters is 1. The fourth-order valence-corrected chi connectivity index (χ4v) is 2.50. The van der Waals surface area contributed by atoms with Crippen LogP contribution in [0.3, 0.4) is 0 Å². The van der Waals surface area contributed by atoms with Crippen molar-refractivity contribution in [2.24, 2.45) is 0 Å². The van der Waals surface area contributed by atoms with E-state index in [2.05, 4.69) is 10.1 Å². The predicted molar refractivity (Wildman–Crippen MR) is 63.6 cm³/mol. The molecule has 0 N–H and O–H groups in total. The predicted octanol–water partition coefficient (Wildman–Crippen LogP) is 1.44. The van der Waals surface area contributed by atoms with Gasteiger partial charge in [0.1, 0.15) is 30.4 Å². The van der Waals surface area contributed by atoms with Crippen LogP contribution >= 0.6 is 0 Å². The Bertz CT molecular complexity index is 660. The van der Waals surface area contributed by atoms with Gasteiger partial charge in [0.2, 0.25) is 0 Å². The van der Waals surface area contributed by atoms with Crippen molar-refractivity contribution in [2.75, 3.05) is 0 Å². The van der Waals surface area contributed by atoms with Gasteiger partial charge in [-0.1, -0.05) is 6.07 Å². The summed E-state index contributed by atoms with van der Waals surface area (Å²) in [6, 6.07) is 3.16. The van der Waals surface area contributed by atoms with Crippen LogP contribution in [-0.2, 0) is 21.5 Å². The van der Waals surface area contributed by atoms with E-state index in [4.69, 9.17) is 4.74 Å². The van der Waals surface area contributed by atoms with E-state index >= 15 is 0 Å². The second kappa shape index (κ2) is 4.36. The van der Waals surface area contributed by atoms with Gasteiger partial charge in [0, 0.05) is 11.6 Å². The summed E-state index contributed by atoms with van der Waals surface area (Å²) in [5, 5.41) is 3.93. The molecule has 0 amide bonds. The Hall–Kier alpha value is -2.31. The molecule has 20 heavy (non-hydrogen) atoms. The highest BCUT2D eigenvalue weighted by Gasteiger charge is 2.58. The molecule has 1 saturated heterocycles. The van der Waals surface area contributed by atoms with Crippen LogP contribution in [0.4, 0.5) is 8.78 Å². The molecule has 0 saturated carbocycles. The van der Waals surface area contributed by atoms with E-state index in [1.54, 1.807) is 6.92 Å². The molecule has 104 valence electrons. The van der Waals surface area contributed by atoms with Crippen molar-refractivity contribution in [3.05, 3.63) is 48.1 Å². The molecule has 0 bridgehead atoms. The summed E-state index contributed by atoms with van der Waals surface area (Å²) in [6.45, 7) is 1.76. The second-order valence-electron chi connectivity index (χ2n) is 4.74. The van der Waals surface area contributed by atoms with Gasteiger partial charge >= 0.3 is 5.97 Å². The number of aromatic nitrogens is 3. The number of halogens is 2. The number of ether oxygens (including phenoxy) is 1. The first kappa shape index (κ1) is 12.7. The van der Waals surface area contributed by atoms with E-state index in [1.807, 2.05) is 0 Å². The van der Waals surface area contributed by atoms with Crippen molar-refractivity contribution in [3.63, 3.8) is 0 Å². The lowest BCUT2D eigenvalue weighted by atomic mass is 9.71. The summed E-state index contributed by atoms with van der Waals surface area (Å²) >= 11 is 0. The number of carbonyl (C=O) groups excluding carboxylic acids is 1. The first-order valence-corrected chi connectivity index (χ1v) is 6.03. The minimum Gasteiger partial charge on any atom is -0.460 e. The van der Waals surface area contributed by atoms with Crippen molar-refractivity contribution >= 4 is 5.97 Å². The Morgan fingerprint density at radius 3 is 2.80 bits per heavy atom. The zero-order chi connectivity index (χ0) is 14.3. The van der Waals surface area contributed by atoms with Crippen LogP contribution in [0.1, 0.15) is 12.5 Å². The lowest BCUT2D eigenvalue weighted by molar-refractivity contribution is -0.191. The molecule has 7 heteroatoms. The molecule has 1 aliphatic rings. The SMILES string of the molecule is C[C@H]1OC(=O)[C@@]1(Cn1cncn1)c1ccc(F)cc1F. The standard InChI is InChI=1S/C13H11F2N3O2/c1-8-13(12(19)20-8,5-18-7-16-6-17-18)10-3-2-9(14)4-11(10)15/h2-4,6-8H,5H2,1H3/t8-,13-/m1/s1. The monoisotopic (exact) mass is 279 g/mol. The van der Waals surface area contributed by atoms with Crippen molar-refractivity contribution < 1.29 is 18.3 Å². The molecule has 0 radical (unpaired) electrons. The minimum atomic E-state index is -1.20.